The van der Waals surface area contributed by atoms with Gasteiger partial charge in [0.2, 0.25) is 0 Å². The van der Waals surface area contributed by atoms with Crippen molar-refractivity contribution in [1.29, 1.82) is 0 Å². The zero-order valence-corrected chi connectivity index (χ0v) is 6.83. The van der Waals surface area contributed by atoms with Gasteiger partial charge in [-0.1, -0.05) is 0 Å². The van der Waals surface area contributed by atoms with Crippen molar-refractivity contribution in [3.8, 4) is 0 Å². The van der Waals surface area contributed by atoms with Crippen LogP contribution in [0.25, 0.3) is 0 Å². The van der Waals surface area contributed by atoms with Crippen LogP contribution in [0.1, 0.15) is 5.56 Å². The van der Waals surface area contributed by atoms with Crippen LogP contribution in [0.15, 0.2) is 30.3 Å². The molecule has 0 nitrogen and oxygen atoms in total. The van der Waals surface area contributed by atoms with Crippen LogP contribution in [-0.4, -0.2) is 15.2 Å². The molecule has 0 aliphatic rings. The van der Waals surface area contributed by atoms with Crippen LogP contribution in [0, 0.1) is 0 Å². The molecule has 1 aromatic carbocycles. The summed E-state index contributed by atoms with van der Waals surface area (Å²) in [6.45, 7) is 0. The van der Waals surface area contributed by atoms with Crippen LogP contribution < -0.4 is 0 Å². The Hall–Kier alpha value is -0.248. The van der Waals surface area contributed by atoms with Crippen molar-refractivity contribution in [1.82, 2.24) is 0 Å². The van der Waals surface area contributed by atoms with E-state index in [1.165, 1.54) is 10.8 Å². The van der Waals surface area contributed by atoms with Crippen molar-refractivity contribution in [3.63, 3.8) is 0 Å². The van der Waals surface area contributed by atoms with E-state index in [1.807, 2.05) is 0 Å². The zero-order valence-electron chi connectivity index (χ0n) is 5.67. The fraction of sp³-hybridized carbons (Fsp3) is 0.250. The summed E-state index contributed by atoms with van der Waals surface area (Å²) in [5.74, 6) is 2.28. The Morgan fingerprint density at radius 2 is 1.89 bits per heavy atom. The standard InChI is InChI=1S/C7H7.CH3.Al/c1-7-5-3-2-4-6-7;;/h2-6H,1H2;1H3;/q;;+1. The van der Waals surface area contributed by atoms with Gasteiger partial charge in [-0.05, 0) is 0 Å². The summed E-state index contributed by atoms with van der Waals surface area (Å²) in [4.78, 5) is 0. The average Bonchev–Trinajstić information content (AvgIpc) is 1.91. The molecule has 0 fully saturated rings. The van der Waals surface area contributed by atoms with Gasteiger partial charge in [-0.2, -0.15) is 0 Å². The first-order valence-corrected chi connectivity index (χ1v) is 5.22. The van der Waals surface area contributed by atoms with Gasteiger partial charge in [0.05, 0.1) is 0 Å². The number of hydrogen-bond acceptors (Lipinski definition) is 0. The predicted molar refractivity (Wildman–Crippen MR) is 41.8 cm³/mol. The third kappa shape index (κ3) is 2.22. The Morgan fingerprint density at radius 1 is 1.22 bits per heavy atom. The van der Waals surface area contributed by atoms with Crippen LogP contribution in [0.4, 0.5) is 0 Å². The molecule has 0 atom stereocenters. The molecule has 0 aromatic heterocycles. The van der Waals surface area contributed by atoms with Crippen LogP contribution in [0.3, 0.4) is 0 Å². The van der Waals surface area contributed by atoms with Crippen molar-refractivity contribution in [2.24, 2.45) is 0 Å². The summed E-state index contributed by atoms with van der Waals surface area (Å²) in [6, 6.07) is 10.6. The second-order valence-corrected chi connectivity index (χ2v) is 3.32. The van der Waals surface area contributed by atoms with Gasteiger partial charge >= 0.3 is 62.2 Å². The zero-order chi connectivity index (χ0) is 6.53. The van der Waals surface area contributed by atoms with Crippen molar-refractivity contribution < 1.29 is 0 Å². The van der Waals surface area contributed by atoms with Crippen LogP contribution >= 0.6 is 0 Å². The summed E-state index contributed by atoms with van der Waals surface area (Å²) >= 11 is 0.625. The molecule has 0 bridgehead atoms. The van der Waals surface area contributed by atoms with E-state index >= 15 is 0 Å². The molecule has 0 saturated carbocycles. The maximum absolute atomic E-state index is 2.28. The predicted octanol–water partition coefficient (Wildman–Crippen LogP) is 1.94. The summed E-state index contributed by atoms with van der Waals surface area (Å²) < 4.78 is 0. The fourth-order valence-electron chi connectivity index (χ4n) is 0.850. The summed E-state index contributed by atoms with van der Waals surface area (Å²) in [6.07, 6.45) is 0. The molecule has 0 heterocycles. The monoisotopic (exact) mass is 133 g/mol. The Balaban J connectivity index is 2.61. The van der Waals surface area contributed by atoms with E-state index in [1.54, 1.807) is 0 Å². The Labute approximate surface area is 62.6 Å². The topological polar surface area (TPSA) is 0 Å². The van der Waals surface area contributed by atoms with Gasteiger partial charge < -0.3 is 0 Å². The molecule has 9 heavy (non-hydrogen) atoms. The van der Waals surface area contributed by atoms with Crippen LogP contribution in [0.2, 0.25) is 5.79 Å². The van der Waals surface area contributed by atoms with Gasteiger partial charge in [0.15, 0.2) is 0 Å². The maximum atomic E-state index is 2.28. The third-order valence-corrected chi connectivity index (χ3v) is 2.16. The van der Waals surface area contributed by atoms with E-state index in [0.717, 1.165) is 0 Å². The SMILES string of the molecule is [CH3][Al+][CH2]c1ccccc1. The quantitative estimate of drug-likeness (QED) is 0.541. The molecule has 0 N–H and O–H groups in total. The van der Waals surface area contributed by atoms with E-state index in [4.69, 9.17) is 0 Å². The molecule has 44 valence electrons. The molecule has 0 saturated heterocycles. The van der Waals surface area contributed by atoms with Gasteiger partial charge in [0, 0.05) is 0 Å². The molecule has 0 radical (unpaired) electrons. The molecule has 1 aromatic rings. The molecule has 0 unspecified atom stereocenters. The molecule has 0 aliphatic heterocycles. The average molecular weight is 133 g/mol. The van der Waals surface area contributed by atoms with Gasteiger partial charge in [0.1, 0.15) is 0 Å². The first-order valence-electron chi connectivity index (χ1n) is 3.25. The first kappa shape index (κ1) is 6.87. The van der Waals surface area contributed by atoms with Gasteiger partial charge in [0.25, 0.3) is 0 Å². The molecular weight excluding hydrogens is 123 g/mol. The van der Waals surface area contributed by atoms with Gasteiger partial charge in [-0.25, -0.2) is 0 Å². The minimum atomic E-state index is 0.625. The number of hydrogen-bond donors (Lipinski definition) is 0. The van der Waals surface area contributed by atoms with Crippen molar-refractivity contribution >= 4 is 15.2 Å². The van der Waals surface area contributed by atoms with Gasteiger partial charge in [-0.3, -0.25) is 0 Å². The number of benzene rings is 1. The fourth-order valence-corrected chi connectivity index (χ4v) is 1.59. The third-order valence-electron chi connectivity index (χ3n) is 1.28. The van der Waals surface area contributed by atoms with Crippen molar-refractivity contribution in [2.75, 3.05) is 0 Å². The molecular formula is C8H10Al+. The normalized spacial score (nSPS) is 8.56. The van der Waals surface area contributed by atoms with E-state index in [0.29, 0.717) is 15.2 Å². The van der Waals surface area contributed by atoms with E-state index < -0.39 is 0 Å². The Kier molecular flexibility index (Phi) is 2.84. The van der Waals surface area contributed by atoms with Crippen LogP contribution in [0.5, 0.6) is 0 Å². The molecule has 1 heteroatoms. The second kappa shape index (κ2) is 3.72. The molecule has 0 spiro atoms. The van der Waals surface area contributed by atoms with E-state index in [-0.39, 0.29) is 0 Å². The Morgan fingerprint density at radius 3 is 2.44 bits per heavy atom. The van der Waals surface area contributed by atoms with Crippen molar-refractivity contribution in [2.45, 2.75) is 11.1 Å². The summed E-state index contributed by atoms with van der Waals surface area (Å²) in [5, 5.41) is 1.29. The Bertz CT molecular complexity index is 157. The van der Waals surface area contributed by atoms with Crippen molar-refractivity contribution in [3.05, 3.63) is 35.9 Å². The molecule has 0 amide bonds. The number of rotatable bonds is 2. The van der Waals surface area contributed by atoms with E-state index in [9.17, 15) is 0 Å². The minimum absolute atomic E-state index is 0.625. The molecule has 1 rings (SSSR count). The second-order valence-electron chi connectivity index (χ2n) is 2.10. The van der Waals surface area contributed by atoms with Crippen LogP contribution in [-0.2, 0) is 5.28 Å². The molecule has 0 aliphatic carbocycles. The van der Waals surface area contributed by atoms with E-state index in [2.05, 4.69) is 36.1 Å². The first-order chi connectivity index (χ1) is 4.43. The van der Waals surface area contributed by atoms with Gasteiger partial charge in [-0.15, -0.1) is 0 Å². The summed E-state index contributed by atoms with van der Waals surface area (Å²) in [7, 11) is 0. The summed E-state index contributed by atoms with van der Waals surface area (Å²) in [5.41, 5.74) is 1.48.